The number of aromatic nitrogens is 3. The van der Waals surface area contributed by atoms with Gasteiger partial charge in [-0.05, 0) is 19.1 Å². The van der Waals surface area contributed by atoms with E-state index >= 15 is 0 Å². The Morgan fingerprint density at radius 2 is 2.20 bits per heavy atom. The molecule has 0 fully saturated rings. The van der Waals surface area contributed by atoms with Gasteiger partial charge in [0.2, 0.25) is 5.91 Å². The minimum absolute atomic E-state index is 0.131. The lowest BCUT2D eigenvalue weighted by molar-refractivity contribution is -0.114. The standard InChI is InChI=1S/C12H15N5O2S/c1-7-13-10(16-15-7)6-17(3)12(19)9-4-5-11(20-9)14-8(2)18/h4-5H,6H2,1-3H3,(H,14,18)(H,13,15,16). The van der Waals surface area contributed by atoms with Crippen LogP contribution >= 0.6 is 11.3 Å². The molecule has 0 saturated carbocycles. The predicted molar refractivity (Wildman–Crippen MR) is 75.5 cm³/mol. The number of carbonyl (C=O) groups is 2. The van der Waals surface area contributed by atoms with Gasteiger partial charge in [0.05, 0.1) is 16.4 Å². The third-order valence-electron chi connectivity index (χ3n) is 2.48. The first-order valence-corrected chi connectivity index (χ1v) is 6.78. The first-order chi connectivity index (χ1) is 9.45. The van der Waals surface area contributed by atoms with Crippen molar-refractivity contribution in [2.24, 2.45) is 0 Å². The number of rotatable bonds is 4. The van der Waals surface area contributed by atoms with Crippen LogP contribution in [0.25, 0.3) is 0 Å². The molecule has 0 unspecified atom stereocenters. The predicted octanol–water partition coefficient (Wildman–Crippen LogP) is 1.41. The Bertz CT molecular complexity index is 633. The van der Waals surface area contributed by atoms with E-state index in [1.165, 1.54) is 23.2 Å². The Morgan fingerprint density at radius 1 is 1.45 bits per heavy atom. The van der Waals surface area contributed by atoms with Crippen LogP contribution < -0.4 is 5.32 Å². The number of H-pyrrole nitrogens is 1. The maximum absolute atomic E-state index is 12.2. The number of hydrogen-bond acceptors (Lipinski definition) is 5. The normalized spacial score (nSPS) is 10.3. The highest BCUT2D eigenvalue weighted by Crippen LogP contribution is 2.23. The molecule has 0 spiro atoms. The Hall–Kier alpha value is -2.22. The van der Waals surface area contributed by atoms with Gasteiger partial charge >= 0.3 is 0 Å². The SMILES string of the molecule is CC(=O)Nc1ccc(C(=O)N(C)Cc2n[nH]c(C)n2)s1. The van der Waals surface area contributed by atoms with Gasteiger partial charge in [-0.25, -0.2) is 4.98 Å². The minimum Gasteiger partial charge on any atom is -0.333 e. The number of thiophene rings is 1. The number of anilines is 1. The van der Waals surface area contributed by atoms with E-state index in [1.807, 2.05) is 0 Å². The zero-order chi connectivity index (χ0) is 14.7. The molecule has 0 aromatic carbocycles. The van der Waals surface area contributed by atoms with Crippen molar-refractivity contribution in [2.45, 2.75) is 20.4 Å². The number of nitrogens with zero attached hydrogens (tertiary/aromatic N) is 3. The first kappa shape index (κ1) is 14.2. The molecule has 2 N–H and O–H groups in total. The van der Waals surface area contributed by atoms with Crippen molar-refractivity contribution >= 4 is 28.2 Å². The van der Waals surface area contributed by atoms with Crippen LogP contribution in [0.2, 0.25) is 0 Å². The zero-order valence-electron chi connectivity index (χ0n) is 11.4. The summed E-state index contributed by atoms with van der Waals surface area (Å²) in [5.41, 5.74) is 0. The van der Waals surface area contributed by atoms with E-state index in [4.69, 9.17) is 0 Å². The Kier molecular flexibility index (Phi) is 4.14. The Morgan fingerprint density at radius 3 is 2.80 bits per heavy atom. The van der Waals surface area contributed by atoms with Crippen molar-refractivity contribution in [1.82, 2.24) is 20.1 Å². The second-order valence-corrected chi connectivity index (χ2v) is 5.43. The van der Waals surface area contributed by atoms with Crippen molar-refractivity contribution < 1.29 is 9.59 Å². The molecule has 2 rings (SSSR count). The molecule has 0 radical (unpaired) electrons. The maximum Gasteiger partial charge on any atom is 0.264 e. The molecule has 2 aromatic heterocycles. The molecule has 0 aliphatic carbocycles. The summed E-state index contributed by atoms with van der Waals surface area (Å²) < 4.78 is 0. The molecule has 8 heteroatoms. The van der Waals surface area contributed by atoms with Crippen LogP contribution in [0.5, 0.6) is 0 Å². The summed E-state index contributed by atoms with van der Waals surface area (Å²) in [5, 5.41) is 10.0. The van der Waals surface area contributed by atoms with Crippen molar-refractivity contribution in [3.63, 3.8) is 0 Å². The van der Waals surface area contributed by atoms with Crippen molar-refractivity contribution in [3.8, 4) is 0 Å². The van der Waals surface area contributed by atoms with E-state index in [0.29, 0.717) is 28.1 Å². The lowest BCUT2D eigenvalue weighted by Crippen LogP contribution is -2.26. The Labute approximate surface area is 120 Å². The molecule has 2 heterocycles. The van der Waals surface area contributed by atoms with Gasteiger partial charge in [0.15, 0.2) is 5.82 Å². The van der Waals surface area contributed by atoms with Gasteiger partial charge in [0.25, 0.3) is 5.91 Å². The van der Waals surface area contributed by atoms with Gasteiger partial charge in [-0.15, -0.1) is 11.3 Å². The van der Waals surface area contributed by atoms with E-state index in [1.54, 1.807) is 26.1 Å². The number of carbonyl (C=O) groups excluding carboxylic acids is 2. The summed E-state index contributed by atoms with van der Waals surface area (Å²) in [6.07, 6.45) is 0. The molecule has 0 aliphatic rings. The summed E-state index contributed by atoms with van der Waals surface area (Å²) >= 11 is 1.24. The fraction of sp³-hybridized carbons (Fsp3) is 0.333. The summed E-state index contributed by atoms with van der Waals surface area (Å²) in [6, 6.07) is 3.40. The van der Waals surface area contributed by atoms with Gasteiger partial charge in [-0.3, -0.25) is 14.7 Å². The highest BCUT2D eigenvalue weighted by Gasteiger charge is 2.16. The number of aromatic amines is 1. The van der Waals surface area contributed by atoms with E-state index in [0.717, 1.165) is 0 Å². The average molecular weight is 293 g/mol. The molecule has 0 aliphatic heterocycles. The molecule has 7 nitrogen and oxygen atoms in total. The van der Waals surface area contributed by atoms with E-state index in [2.05, 4.69) is 20.5 Å². The maximum atomic E-state index is 12.2. The van der Waals surface area contributed by atoms with E-state index < -0.39 is 0 Å². The number of nitrogens with one attached hydrogen (secondary N) is 2. The summed E-state index contributed by atoms with van der Waals surface area (Å²) in [7, 11) is 1.69. The van der Waals surface area contributed by atoms with Gasteiger partial charge in [0, 0.05) is 14.0 Å². The van der Waals surface area contributed by atoms with Crippen molar-refractivity contribution in [2.75, 3.05) is 12.4 Å². The number of amides is 2. The van der Waals surface area contributed by atoms with Crippen LogP contribution in [-0.2, 0) is 11.3 Å². The Balaban J connectivity index is 2.02. The summed E-state index contributed by atoms with van der Waals surface area (Å²) in [4.78, 5) is 29.4. The van der Waals surface area contributed by atoms with Gasteiger partial charge in [-0.1, -0.05) is 0 Å². The van der Waals surface area contributed by atoms with Crippen LogP contribution in [0, 0.1) is 6.92 Å². The monoisotopic (exact) mass is 293 g/mol. The van der Waals surface area contributed by atoms with Crippen LogP contribution in [0.15, 0.2) is 12.1 Å². The zero-order valence-corrected chi connectivity index (χ0v) is 12.2. The van der Waals surface area contributed by atoms with Gasteiger partial charge < -0.3 is 10.2 Å². The van der Waals surface area contributed by atoms with Crippen LogP contribution in [0.1, 0.15) is 28.2 Å². The van der Waals surface area contributed by atoms with Crippen LogP contribution in [0.3, 0.4) is 0 Å². The quantitative estimate of drug-likeness (QED) is 0.891. The smallest absolute Gasteiger partial charge is 0.264 e. The average Bonchev–Trinajstić information content (AvgIpc) is 2.97. The minimum atomic E-state index is -0.157. The number of hydrogen-bond donors (Lipinski definition) is 2. The highest BCUT2D eigenvalue weighted by atomic mass is 32.1. The fourth-order valence-electron chi connectivity index (χ4n) is 1.63. The van der Waals surface area contributed by atoms with Crippen LogP contribution in [-0.4, -0.2) is 38.9 Å². The third-order valence-corrected chi connectivity index (χ3v) is 3.47. The third kappa shape index (κ3) is 3.41. The second-order valence-electron chi connectivity index (χ2n) is 4.34. The first-order valence-electron chi connectivity index (χ1n) is 5.96. The second kappa shape index (κ2) is 5.83. The van der Waals surface area contributed by atoms with Crippen molar-refractivity contribution in [3.05, 3.63) is 28.7 Å². The molecule has 0 saturated heterocycles. The van der Waals surface area contributed by atoms with Gasteiger partial charge in [0.1, 0.15) is 5.82 Å². The topological polar surface area (TPSA) is 91.0 Å². The summed E-state index contributed by atoms with van der Waals surface area (Å²) in [5.74, 6) is 0.992. The lowest BCUT2D eigenvalue weighted by atomic mass is 10.4. The molecule has 20 heavy (non-hydrogen) atoms. The largest absolute Gasteiger partial charge is 0.333 e. The molecule has 0 bridgehead atoms. The van der Waals surface area contributed by atoms with Crippen molar-refractivity contribution in [1.29, 1.82) is 0 Å². The van der Waals surface area contributed by atoms with E-state index in [9.17, 15) is 9.59 Å². The summed E-state index contributed by atoms with van der Waals surface area (Å²) in [6.45, 7) is 3.56. The lowest BCUT2D eigenvalue weighted by Gasteiger charge is -2.13. The van der Waals surface area contributed by atoms with Gasteiger partial charge in [-0.2, -0.15) is 5.10 Å². The molecule has 0 atom stereocenters. The highest BCUT2D eigenvalue weighted by molar-refractivity contribution is 7.18. The van der Waals surface area contributed by atoms with Crippen LogP contribution in [0.4, 0.5) is 5.00 Å². The molecular formula is C12H15N5O2S. The molecule has 106 valence electrons. The number of aryl methyl sites for hydroxylation is 1. The molecule has 2 aromatic rings. The molecule has 2 amide bonds. The van der Waals surface area contributed by atoms with E-state index in [-0.39, 0.29) is 11.8 Å². The fourth-order valence-corrected chi connectivity index (χ4v) is 2.57. The molecular weight excluding hydrogens is 278 g/mol.